The summed E-state index contributed by atoms with van der Waals surface area (Å²) in [7, 11) is 1.69. The SMILES string of the molecule is COc1cccc(CSc2nc(-c3ccccc3)c(-c3ccccc3)[nH]2)c1. The van der Waals surface area contributed by atoms with E-state index >= 15 is 0 Å². The van der Waals surface area contributed by atoms with Crippen molar-refractivity contribution in [1.29, 1.82) is 0 Å². The molecule has 0 spiro atoms. The third-order valence-corrected chi connectivity index (χ3v) is 5.25. The van der Waals surface area contributed by atoms with Crippen molar-refractivity contribution in [3.8, 4) is 28.3 Å². The Morgan fingerprint density at radius 1 is 0.852 bits per heavy atom. The standard InChI is InChI=1S/C23H20N2OS/c1-26-20-14-8-9-17(15-20)16-27-23-24-21(18-10-4-2-5-11-18)22(25-23)19-12-6-3-7-13-19/h2-15H,16H2,1H3,(H,24,25). The van der Waals surface area contributed by atoms with E-state index in [1.165, 1.54) is 5.56 Å². The predicted molar refractivity (Wildman–Crippen MR) is 112 cm³/mol. The van der Waals surface area contributed by atoms with E-state index in [0.29, 0.717) is 0 Å². The normalized spacial score (nSPS) is 10.7. The smallest absolute Gasteiger partial charge is 0.166 e. The second kappa shape index (κ2) is 8.14. The average molecular weight is 372 g/mol. The van der Waals surface area contributed by atoms with Gasteiger partial charge < -0.3 is 9.72 Å². The van der Waals surface area contributed by atoms with Crippen LogP contribution in [0.5, 0.6) is 5.75 Å². The molecule has 4 heteroatoms. The van der Waals surface area contributed by atoms with Crippen LogP contribution in [0.25, 0.3) is 22.5 Å². The maximum Gasteiger partial charge on any atom is 0.166 e. The lowest BCUT2D eigenvalue weighted by Gasteiger charge is -2.03. The minimum absolute atomic E-state index is 0.827. The van der Waals surface area contributed by atoms with E-state index in [1.54, 1.807) is 18.9 Å². The first-order chi connectivity index (χ1) is 13.3. The number of aromatic amines is 1. The summed E-state index contributed by atoms with van der Waals surface area (Å²) in [6.07, 6.45) is 0. The maximum atomic E-state index is 5.31. The predicted octanol–water partition coefficient (Wildman–Crippen LogP) is 6.04. The fourth-order valence-corrected chi connectivity index (χ4v) is 3.77. The fraction of sp³-hybridized carbons (Fsp3) is 0.0870. The number of ether oxygens (including phenoxy) is 1. The highest BCUT2D eigenvalue weighted by molar-refractivity contribution is 7.98. The summed E-state index contributed by atoms with van der Waals surface area (Å²) in [5, 5.41) is 0.913. The Balaban J connectivity index is 1.65. The van der Waals surface area contributed by atoms with E-state index < -0.39 is 0 Å². The topological polar surface area (TPSA) is 37.9 Å². The molecule has 3 aromatic carbocycles. The van der Waals surface area contributed by atoms with Crippen LogP contribution in [0.1, 0.15) is 5.56 Å². The zero-order valence-corrected chi connectivity index (χ0v) is 15.9. The van der Waals surface area contributed by atoms with E-state index in [2.05, 4.69) is 41.4 Å². The van der Waals surface area contributed by atoms with Gasteiger partial charge in [-0.05, 0) is 17.7 Å². The van der Waals surface area contributed by atoms with E-state index in [4.69, 9.17) is 9.72 Å². The Kier molecular flexibility index (Phi) is 5.26. The van der Waals surface area contributed by atoms with Gasteiger partial charge in [-0.15, -0.1) is 0 Å². The van der Waals surface area contributed by atoms with E-state index in [1.807, 2.05) is 48.5 Å². The number of hydrogen-bond donors (Lipinski definition) is 1. The van der Waals surface area contributed by atoms with Gasteiger partial charge >= 0.3 is 0 Å². The summed E-state index contributed by atoms with van der Waals surface area (Å²) >= 11 is 1.69. The molecule has 0 saturated carbocycles. The molecule has 27 heavy (non-hydrogen) atoms. The zero-order chi connectivity index (χ0) is 18.5. The van der Waals surface area contributed by atoms with Crippen LogP contribution in [0.2, 0.25) is 0 Å². The van der Waals surface area contributed by atoms with E-state index in [0.717, 1.165) is 39.2 Å². The van der Waals surface area contributed by atoms with E-state index in [-0.39, 0.29) is 0 Å². The number of benzene rings is 3. The Hall–Kier alpha value is -2.98. The van der Waals surface area contributed by atoms with Gasteiger partial charge in [0, 0.05) is 16.9 Å². The van der Waals surface area contributed by atoms with Crippen molar-refractivity contribution in [2.45, 2.75) is 10.9 Å². The van der Waals surface area contributed by atoms with Crippen LogP contribution in [0.4, 0.5) is 0 Å². The Morgan fingerprint density at radius 2 is 1.56 bits per heavy atom. The van der Waals surface area contributed by atoms with Crippen molar-refractivity contribution in [2.75, 3.05) is 7.11 Å². The number of hydrogen-bond acceptors (Lipinski definition) is 3. The molecular weight excluding hydrogens is 352 g/mol. The second-order valence-electron chi connectivity index (χ2n) is 6.14. The van der Waals surface area contributed by atoms with Crippen LogP contribution in [0, 0.1) is 0 Å². The average Bonchev–Trinajstić information content (AvgIpc) is 3.18. The summed E-state index contributed by atoms with van der Waals surface area (Å²) in [5.41, 5.74) is 5.49. The van der Waals surface area contributed by atoms with Gasteiger partial charge in [-0.25, -0.2) is 4.98 Å². The summed E-state index contributed by atoms with van der Waals surface area (Å²) in [4.78, 5) is 8.41. The van der Waals surface area contributed by atoms with Gasteiger partial charge in [-0.3, -0.25) is 0 Å². The second-order valence-corrected chi connectivity index (χ2v) is 7.10. The number of nitrogens with one attached hydrogen (secondary N) is 1. The van der Waals surface area contributed by atoms with Crippen molar-refractivity contribution in [3.63, 3.8) is 0 Å². The van der Waals surface area contributed by atoms with Crippen LogP contribution in [0.15, 0.2) is 90.1 Å². The Morgan fingerprint density at radius 3 is 2.26 bits per heavy atom. The highest BCUT2D eigenvalue weighted by Crippen LogP contribution is 2.33. The van der Waals surface area contributed by atoms with Crippen molar-refractivity contribution in [2.24, 2.45) is 0 Å². The molecule has 0 unspecified atom stereocenters. The quantitative estimate of drug-likeness (QED) is 0.419. The van der Waals surface area contributed by atoms with Crippen molar-refractivity contribution in [3.05, 3.63) is 90.5 Å². The highest BCUT2D eigenvalue weighted by Gasteiger charge is 2.14. The van der Waals surface area contributed by atoms with Gasteiger partial charge in [0.25, 0.3) is 0 Å². The minimum atomic E-state index is 0.827. The first-order valence-electron chi connectivity index (χ1n) is 8.80. The first kappa shape index (κ1) is 17.4. The molecular formula is C23H20N2OS. The molecule has 1 heterocycles. The Bertz CT molecular complexity index is 956. The molecule has 4 aromatic rings. The number of nitrogens with zero attached hydrogens (tertiary/aromatic N) is 1. The summed E-state index contributed by atoms with van der Waals surface area (Å²) in [5.74, 6) is 1.70. The molecule has 4 rings (SSSR count). The number of methoxy groups -OCH3 is 1. The highest BCUT2D eigenvalue weighted by atomic mass is 32.2. The first-order valence-corrected chi connectivity index (χ1v) is 9.78. The number of H-pyrrole nitrogens is 1. The molecule has 3 nitrogen and oxygen atoms in total. The number of thioether (sulfide) groups is 1. The molecule has 0 aliphatic carbocycles. The van der Waals surface area contributed by atoms with Crippen LogP contribution >= 0.6 is 11.8 Å². The lowest BCUT2D eigenvalue weighted by atomic mass is 10.1. The molecule has 1 N–H and O–H groups in total. The maximum absolute atomic E-state index is 5.31. The van der Waals surface area contributed by atoms with Gasteiger partial charge in [0.1, 0.15) is 5.75 Å². The van der Waals surface area contributed by atoms with Gasteiger partial charge in [0.05, 0.1) is 18.5 Å². The fourth-order valence-electron chi connectivity index (χ4n) is 2.95. The van der Waals surface area contributed by atoms with Gasteiger partial charge in [0.2, 0.25) is 0 Å². The molecule has 0 radical (unpaired) electrons. The minimum Gasteiger partial charge on any atom is -0.497 e. The summed E-state index contributed by atoms with van der Waals surface area (Å²) < 4.78 is 5.31. The molecule has 134 valence electrons. The number of aromatic nitrogens is 2. The zero-order valence-electron chi connectivity index (χ0n) is 15.1. The van der Waals surface area contributed by atoms with Gasteiger partial charge in [0.15, 0.2) is 5.16 Å². The molecule has 0 bridgehead atoms. The molecule has 0 saturated heterocycles. The van der Waals surface area contributed by atoms with Crippen LogP contribution in [-0.2, 0) is 5.75 Å². The third kappa shape index (κ3) is 4.07. The molecule has 0 atom stereocenters. The summed E-state index contributed by atoms with van der Waals surface area (Å²) in [6, 6.07) is 28.8. The Labute approximate surface area is 163 Å². The number of rotatable bonds is 6. The monoisotopic (exact) mass is 372 g/mol. The van der Waals surface area contributed by atoms with Crippen molar-refractivity contribution < 1.29 is 4.74 Å². The lowest BCUT2D eigenvalue weighted by molar-refractivity contribution is 0.414. The molecule has 0 fully saturated rings. The van der Waals surface area contributed by atoms with Gasteiger partial charge in [-0.2, -0.15) is 0 Å². The lowest BCUT2D eigenvalue weighted by Crippen LogP contribution is -1.86. The van der Waals surface area contributed by atoms with Crippen molar-refractivity contribution in [1.82, 2.24) is 9.97 Å². The van der Waals surface area contributed by atoms with Crippen LogP contribution < -0.4 is 4.74 Å². The third-order valence-electron chi connectivity index (χ3n) is 4.30. The largest absolute Gasteiger partial charge is 0.497 e. The van der Waals surface area contributed by atoms with Crippen molar-refractivity contribution >= 4 is 11.8 Å². The molecule has 1 aromatic heterocycles. The van der Waals surface area contributed by atoms with Crippen LogP contribution in [0.3, 0.4) is 0 Å². The molecule has 0 aliphatic rings. The molecule has 0 aliphatic heterocycles. The van der Waals surface area contributed by atoms with E-state index in [9.17, 15) is 0 Å². The van der Waals surface area contributed by atoms with Gasteiger partial charge in [-0.1, -0.05) is 84.6 Å². The molecule has 0 amide bonds. The number of imidazole rings is 1. The summed E-state index contributed by atoms with van der Waals surface area (Å²) in [6.45, 7) is 0. The van der Waals surface area contributed by atoms with Crippen LogP contribution in [-0.4, -0.2) is 17.1 Å².